The first kappa shape index (κ1) is 19.7. The van der Waals surface area contributed by atoms with Crippen molar-refractivity contribution in [1.82, 2.24) is 4.72 Å². The summed E-state index contributed by atoms with van der Waals surface area (Å²) in [5.74, 6) is -1.43. The molecule has 0 bridgehead atoms. The molecule has 0 atom stereocenters. The number of ether oxygens (including phenoxy) is 1. The highest BCUT2D eigenvalue weighted by atomic mass is 32.2. The van der Waals surface area contributed by atoms with Crippen LogP contribution in [0.15, 0.2) is 45.9 Å². The van der Waals surface area contributed by atoms with E-state index in [0.29, 0.717) is 6.61 Å². The maximum Gasteiger partial charge on any atom is 0.340 e. The maximum atomic E-state index is 12.3. The van der Waals surface area contributed by atoms with Crippen LogP contribution in [0.3, 0.4) is 0 Å². The van der Waals surface area contributed by atoms with Gasteiger partial charge in [0.05, 0.1) is 17.9 Å². The molecular formula is C17H20N2O6S. The number of furan rings is 1. The van der Waals surface area contributed by atoms with E-state index < -0.39 is 21.9 Å². The number of carbonyl (C=O) groups excluding carboxylic acids is 2. The van der Waals surface area contributed by atoms with Crippen LogP contribution in [0.1, 0.15) is 40.7 Å². The molecule has 2 N–H and O–H groups in total. The molecule has 0 fully saturated rings. The van der Waals surface area contributed by atoms with Crippen molar-refractivity contribution in [2.45, 2.75) is 24.9 Å². The van der Waals surface area contributed by atoms with E-state index in [0.717, 1.165) is 12.8 Å². The van der Waals surface area contributed by atoms with Gasteiger partial charge < -0.3 is 14.5 Å². The van der Waals surface area contributed by atoms with Crippen molar-refractivity contribution < 1.29 is 27.2 Å². The Morgan fingerprint density at radius 1 is 1.15 bits per heavy atom. The maximum absolute atomic E-state index is 12.3. The Morgan fingerprint density at radius 3 is 2.58 bits per heavy atom. The number of carbonyl (C=O) groups is 2. The second-order valence-corrected chi connectivity index (χ2v) is 7.13. The zero-order chi connectivity index (χ0) is 19.2. The number of nitrogens with one attached hydrogen (secondary N) is 2. The number of amides is 1. The second-order valence-electron chi connectivity index (χ2n) is 5.32. The smallest absolute Gasteiger partial charge is 0.340 e. The Kier molecular flexibility index (Phi) is 6.53. The molecule has 1 heterocycles. The Morgan fingerprint density at radius 2 is 1.88 bits per heavy atom. The number of benzene rings is 1. The highest BCUT2D eigenvalue weighted by Crippen LogP contribution is 2.19. The van der Waals surface area contributed by atoms with Gasteiger partial charge in [-0.25, -0.2) is 17.9 Å². The Balaban J connectivity index is 2.16. The standard InChI is InChI=1S/C17H20N2O6S/c1-3-4-11-24-17(21)12-7-5-6-8-13(12)19-16(20)14-9-10-15(25-14)26(22,23)18-2/h5-10,18H,3-4,11H2,1-2H3,(H,19,20). The van der Waals surface area contributed by atoms with Gasteiger partial charge in [0.25, 0.3) is 15.9 Å². The Labute approximate surface area is 151 Å². The average Bonchev–Trinajstić information content (AvgIpc) is 3.13. The lowest BCUT2D eigenvalue weighted by Crippen LogP contribution is -2.18. The lowest BCUT2D eigenvalue weighted by molar-refractivity contribution is 0.0501. The molecule has 0 radical (unpaired) electrons. The van der Waals surface area contributed by atoms with Gasteiger partial charge in [0.15, 0.2) is 5.76 Å². The number of esters is 1. The highest BCUT2D eigenvalue weighted by Gasteiger charge is 2.21. The molecular weight excluding hydrogens is 360 g/mol. The average molecular weight is 380 g/mol. The van der Waals surface area contributed by atoms with Gasteiger partial charge in [-0.15, -0.1) is 0 Å². The molecule has 0 aliphatic carbocycles. The summed E-state index contributed by atoms with van der Waals surface area (Å²) < 4.78 is 35.7. The van der Waals surface area contributed by atoms with Gasteiger partial charge in [-0.1, -0.05) is 25.5 Å². The number of hydrogen-bond donors (Lipinski definition) is 2. The third-order valence-corrected chi connectivity index (χ3v) is 4.75. The highest BCUT2D eigenvalue weighted by molar-refractivity contribution is 7.89. The third kappa shape index (κ3) is 4.70. The van der Waals surface area contributed by atoms with Crippen LogP contribution in [-0.2, 0) is 14.8 Å². The van der Waals surface area contributed by atoms with Crippen LogP contribution in [0.5, 0.6) is 0 Å². The molecule has 2 rings (SSSR count). The quantitative estimate of drug-likeness (QED) is 0.537. The van der Waals surface area contributed by atoms with Crippen molar-refractivity contribution >= 4 is 27.6 Å². The predicted molar refractivity (Wildman–Crippen MR) is 94.5 cm³/mol. The van der Waals surface area contributed by atoms with Crippen LogP contribution in [-0.4, -0.2) is 33.9 Å². The topological polar surface area (TPSA) is 115 Å². The van der Waals surface area contributed by atoms with Gasteiger partial charge in [0.2, 0.25) is 5.09 Å². The Bertz CT molecular complexity index is 888. The first-order chi connectivity index (χ1) is 12.4. The van der Waals surface area contributed by atoms with E-state index in [1.54, 1.807) is 18.2 Å². The first-order valence-corrected chi connectivity index (χ1v) is 9.48. The lowest BCUT2D eigenvalue weighted by Gasteiger charge is -2.10. The summed E-state index contributed by atoms with van der Waals surface area (Å²) in [6, 6.07) is 8.78. The fourth-order valence-electron chi connectivity index (χ4n) is 2.03. The van der Waals surface area contributed by atoms with Crippen molar-refractivity contribution in [1.29, 1.82) is 0 Å². The van der Waals surface area contributed by atoms with Crippen LogP contribution < -0.4 is 10.0 Å². The molecule has 0 saturated heterocycles. The molecule has 0 unspecified atom stereocenters. The summed E-state index contributed by atoms with van der Waals surface area (Å²) in [4.78, 5) is 24.5. The van der Waals surface area contributed by atoms with Crippen LogP contribution in [0, 0.1) is 0 Å². The summed E-state index contributed by atoms with van der Waals surface area (Å²) in [5, 5.41) is 2.15. The lowest BCUT2D eigenvalue weighted by atomic mass is 10.1. The molecule has 1 aromatic heterocycles. The van der Waals surface area contributed by atoms with Crippen molar-refractivity contribution in [3.05, 3.63) is 47.7 Å². The second kappa shape index (κ2) is 8.63. The molecule has 1 aromatic carbocycles. The van der Waals surface area contributed by atoms with Crippen LogP contribution >= 0.6 is 0 Å². The van der Waals surface area contributed by atoms with Gasteiger partial charge in [-0.3, -0.25) is 4.79 Å². The zero-order valence-electron chi connectivity index (χ0n) is 14.4. The fraction of sp³-hybridized carbons (Fsp3) is 0.294. The number of unbranched alkanes of at least 4 members (excludes halogenated alkanes) is 1. The third-order valence-electron chi connectivity index (χ3n) is 3.46. The number of hydrogen-bond acceptors (Lipinski definition) is 6. The van der Waals surface area contributed by atoms with Gasteiger partial charge in [0.1, 0.15) is 0 Å². The zero-order valence-corrected chi connectivity index (χ0v) is 15.3. The van der Waals surface area contributed by atoms with Crippen LogP contribution in [0.4, 0.5) is 5.69 Å². The minimum atomic E-state index is -3.79. The van der Waals surface area contributed by atoms with E-state index >= 15 is 0 Å². The van der Waals surface area contributed by atoms with Crippen molar-refractivity contribution in [2.24, 2.45) is 0 Å². The first-order valence-electron chi connectivity index (χ1n) is 8.00. The summed E-state index contributed by atoms with van der Waals surface area (Å²) in [6.07, 6.45) is 1.64. The van der Waals surface area contributed by atoms with Gasteiger partial charge in [-0.2, -0.15) is 0 Å². The molecule has 2 aromatic rings. The van der Waals surface area contributed by atoms with E-state index in [-0.39, 0.29) is 22.1 Å². The Hall–Kier alpha value is -2.65. The molecule has 26 heavy (non-hydrogen) atoms. The minimum Gasteiger partial charge on any atom is -0.462 e. The molecule has 0 aliphatic rings. The number of anilines is 1. The normalized spacial score (nSPS) is 11.2. The molecule has 8 nitrogen and oxygen atoms in total. The van der Waals surface area contributed by atoms with Gasteiger partial charge in [0, 0.05) is 0 Å². The van der Waals surface area contributed by atoms with E-state index in [1.165, 1.54) is 25.2 Å². The van der Waals surface area contributed by atoms with Gasteiger partial charge in [-0.05, 0) is 37.7 Å². The minimum absolute atomic E-state index is 0.201. The molecule has 9 heteroatoms. The summed E-state index contributed by atoms with van der Waals surface area (Å²) >= 11 is 0. The van der Waals surface area contributed by atoms with E-state index in [1.807, 2.05) is 6.92 Å². The summed E-state index contributed by atoms with van der Waals surface area (Å²) in [5.41, 5.74) is 0.444. The fourth-order valence-corrected chi connectivity index (χ4v) is 2.68. The SMILES string of the molecule is CCCCOC(=O)c1ccccc1NC(=O)c1ccc(S(=O)(=O)NC)o1. The summed E-state index contributed by atoms with van der Waals surface area (Å²) in [6.45, 7) is 2.27. The van der Waals surface area contributed by atoms with Crippen molar-refractivity contribution in [3.63, 3.8) is 0 Å². The molecule has 0 spiro atoms. The predicted octanol–water partition coefficient (Wildman–Crippen LogP) is 2.40. The molecule has 140 valence electrons. The van der Waals surface area contributed by atoms with Crippen LogP contribution in [0.25, 0.3) is 0 Å². The molecule has 0 saturated carbocycles. The van der Waals surface area contributed by atoms with E-state index in [2.05, 4.69) is 10.0 Å². The van der Waals surface area contributed by atoms with Crippen molar-refractivity contribution in [2.75, 3.05) is 19.0 Å². The van der Waals surface area contributed by atoms with Crippen LogP contribution in [0.2, 0.25) is 0 Å². The van der Waals surface area contributed by atoms with Gasteiger partial charge >= 0.3 is 5.97 Å². The number of rotatable bonds is 8. The van der Waals surface area contributed by atoms with E-state index in [9.17, 15) is 18.0 Å². The van der Waals surface area contributed by atoms with Crippen molar-refractivity contribution in [3.8, 4) is 0 Å². The number of sulfonamides is 1. The molecule has 1 amide bonds. The largest absolute Gasteiger partial charge is 0.462 e. The monoisotopic (exact) mass is 380 g/mol. The van der Waals surface area contributed by atoms with E-state index in [4.69, 9.17) is 9.15 Å². The summed E-state index contributed by atoms with van der Waals surface area (Å²) in [7, 11) is -2.55. The number of para-hydroxylation sites is 1. The molecule has 0 aliphatic heterocycles.